The molecule has 0 aliphatic rings. The van der Waals surface area contributed by atoms with Crippen LogP contribution in [0.25, 0.3) is 10.9 Å². The summed E-state index contributed by atoms with van der Waals surface area (Å²) in [5.74, 6) is 0. The smallest absolute Gasteiger partial charge is 0.186 e. The molecule has 0 bridgehead atoms. The molecule has 3 aromatic rings. The minimum absolute atomic E-state index is 0.263. The van der Waals surface area contributed by atoms with E-state index in [4.69, 9.17) is 29.6 Å². The lowest BCUT2D eigenvalue weighted by molar-refractivity contribution is 0.477. The summed E-state index contributed by atoms with van der Waals surface area (Å²) in [6, 6.07) is 16.1. The third-order valence-corrected chi connectivity index (χ3v) is 4.59. The zero-order chi connectivity index (χ0) is 17.8. The third-order valence-electron chi connectivity index (χ3n) is 4.01. The van der Waals surface area contributed by atoms with E-state index in [2.05, 4.69) is 28.0 Å². The first-order valence-electron chi connectivity index (χ1n) is 8.02. The van der Waals surface area contributed by atoms with Crippen molar-refractivity contribution in [1.82, 2.24) is 9.58 Å². The molecule has 1 aromatic heterocycles. The van der Waals surface area contributed by atoms with Crippen LogP contribution >= 0.6 is 23.8 Å². The highest BCUT2D eigenvalue weighted by molar-refractivity contribution is 7.80. The molecular formula is C19H19ClN4S. The number of hydrogen-bond acceptors (Lipinski definition) is 2. The van der Waals surface area contributed by atoms with E-state index in [9.17, 15) is 0 Å². The number of aromatic nitrogens is 1. The van der Waals surface area contributed by atoms with Crippen LogP contribution in [-0.4, -0.2) is 27.4 Å². The first-order chi connectivity index (χ1) is 12.1. The summed E-state index contributed by atoms with van der Waals surface area (Å²) in [5.41, 5.74) is 8.89. The Morgan fingerprint density at radius 1 is 1.24 bits per heavy atom. The summed E-state index contributed by atoms with van der Waals surface area (Å²) in [6.45, 7) is 3.28. The van der Waals surface area contributed by atoms with Gasteiger partial charge in [0, 0.05) is 40.8 Å². The Morgan fingerprint density at radius 3 is 2.68 bits per heavy atom. The first kappa shape index (κ1) is 17.5. The molecule has 0 aliphatic carbocycles. The van der Waals surface area contributed by atoms with Crippen LogP contribution < -0.4 is 5.73 Å². The van der Waals surface area contributed by atoms with Gasteiger partial charge in [0.25, 0.3) is 0 Å². The summed E-state index contributed by atoms with van der Waals surface area (Å²) >= 11 is 11.3. The van der Waals surface area contributed by atoms with Crippen LogP contribution in [-0.2, 0) is 6.54 Å². The van der Waals surface area contributed by atoms with E-state index in [1.807, 2.05) is 43.3 Å². The highest BCUT2D eigenvalue weighted by Gasteiger charge is 2.09. The fourth-order valence-electron chi connectivity index (χ4n) is 2.75. The molecular weight excluding hydrogens is 352 g/mol. The molecule has 0 fully saturated rings. The maximum absolute atomic E-state index is 6.31. The third kappa shape index (κ3) is 3.83. The Kier molecular flexibility index (Phi) is 5.36. The predicted octanol–water partition coefficient (Wildman–Crippen LogP) is 4.24. The Morgan fingerprint density at radius 2 is 1.96 bits per heavy atom. The number of benzene rings is 2. The van der Waals surface area contributed by atoms with Crippen LogP contribution in [0.4, 0.5) is 0 Å². The van der Waals surface area contributed by atoms with Gasteiger partial charge in [0.05, 0.1) is 6.21 Å². The SMILES string of the molecule is CCN(N=Cc1cn(Cc2ccccc2Cl)c2ccccc12)C(N)=S. The number of hydrogen-bond donors (Lipinski definition) is 1. The van der Waals surface area contributed by atoms with Gasteiger partial charge in [-0.1, -0.05) is 48.0 Å². The van der Waals surface area contributed by atoms with Gasteiger partial charge in [-0.2, -0.15) is 5.10 Å². The largest absolute Gasteiger partial charge is 0.375 e. The standard InChI is InChI=1S/C19H19ClN4S/c1-2-24(19(21)25)22-11-15-13-23(18-10-6-4-8-16(15)18)12-14-7-3-5-9-17(14)20/h3-11,13H,2,12H2,1H3,(H2,21,25). The summed E-state index contributed by atoms with van der Waals surface area (Å²) in [5, 5.41) is 8.15. The number of para-hydroxylation sites is 1. The maximum Gasteiger partial charge on any atom is 0.186 e. The molecule has 0 unspecified atom stereocenters. The van der Waals surface area contributed by atoms with Crippen molar-refractivity contribution in [1.29, 1.82) is 0 Å². The van der Waals surface area contributed by atoms with E-state index in [0.29, 0.717) is 13.1 Å². The molecule has 0 saturated heterocycles. The minimum Gasteiger partial charge on any atom is -0.375 e. The fourth-order valence-corrected chi connectivity index (χ4v) is 3.12. The Bertz CT molecular complexity index is 932. The zero-order valence-corrected chi connectivity index (χ0v) is 15.5. The minimum atomic E-state index is 0.263. The fraction of sp³-hybridized carbons (Fsp3) is 0.158. The van der Waals surface area contributed by atoms with E-state index < -0.39 is 0 Å². The van der Waals surface area contributed by atoms with Gasteiger partial charge in [-0.3, -0.25) is 0 Å². The quantitative estimate of drug-likeness (QED) is 0.415. The molecule has 2 N–H and O–H groups in total. The van der Waals surface area contributed by atoms with Crippen LogP contribution in [0.15, 0.2) is 59.8 Å². The van der Waals surface area contributed by atoms with Gasteiger partial charge in [-0.05, 0) is 36.8 Å². The number of hydrazone groups is 1. The second kappa shape index (κ2) is 7.68. The van der Waals surface area contributed by atoms with Crippen LogP contribution in [0, 0.1) is 0 Å². The van der Waals surface area contributed by atoms with Crippen molar-refractivity contribution in [3.05, 3.63) is 70.9 Å². The van der Waals surface area contributed by atoms with Crippen molar-refractivity contribution in [2.24, 2.45) is 10.8 Å². The lowest BCUT2D eigenvalue weighted by atomic mass is 10.2. The molecule has 0 radical (unpaired) electrons. The Balaban J connectivity index is 2.00. The van der Waals surface area contributed by atoms with E-state index in [-0.39, 0.29) is 5.11 Å². The van der Waals surface area contributed by atoms with Crippen molar-refractivity contribution < 1.29 is 0 Å². The van der Waals surface area contributed by atoms with Gasteiger partial charge >= 0.3 is 0 Å². The first-order valence-corrected chi connectivity index (χ1v) is 8.81. The zero-order valence-electron chi connectivity index (χ0n) is 13.9. The average Bonchev–Trinajstić information content (AvgIpc) is 2.95. The predicted molar refractivity (Wildman–Crippen MR) is 109 cm³/mol. The topological polar surface area (TPSA) is 46.5 Å². The van der Waals surface area contributed by atoms with Crippen molar-refractivity contribution >= 4 is 46.0 Å². The monoisotopic (exact) mass is 370 g/mol. The van der Waals surface area contributed by atoms with E-state index in [0.717, 1.165) is 27.1 Å². The van der Waals surface area contributed by atoms with Crippen molar-refractivity contribution in [3.8, 4) is 0 Å². The van der Waals surface area contributed by atoms with Crippen molar-refractivity contribution in [2.45, 2.75) is 13.5 Å². The molecule has 6 heteroatoms. The number of fused-ring (bicyclic) bond motifs is 1. The average molecular weight is 371 g/mol. The molecule has 0 saturated carbocycles. The summed E-state index contributed by atoms with van der Waals surface area (Å²) in [7, 11) is 0. The number of nitrogens with zero attached hydrogens (tertiary/aromatic N) is 3. The molecule has 1 heterocycles. The number of thiocarbonyl (C=S) groups is 1. The van der Waals surface area contributed by atoms with E-state index in [1.165, 1.54) is 0 Å². The normalized spacial score (nSPS) is 11.3. The Labute approximate surface area is 157 Å². The van der Waals surface area contributed by atoms with Gasteiger partial charge in [0.15, 0.2) is 5.11 Å². The van der Waals surface area contributed by atoms with Crippen LogP contribution in [0.1, 0.15) is 18.1 Å². The van der Waals surface area contributed by atoms with Crippen LogP contribution in [0.2, 0.25) is 5.02 Å². The molecule has 4 nitrogen and oxygen atoms in total. The lowest BCUT2D eigenvalue weighted by Crippen LogP contribution is -2.30. The highest BCUT2D eigenvalue weighted by atomic mass is 35.5. The molecule has 128 valence electrons. The van der Waals surface area contributed by atoms with Crippen LogP contribution in [0.3, 0.4) is 0 Å². The lowest BCUT2D eigenvalue weighted by Gasteiger charge is -2.13. The number of nitrogens with two attached hydrogens (primary N) is 1. The second-order valence-corrected chi connectivity index (χ2v) is 6.44. The van der Waals surface area contributed by atoms with Gasteiger partial charge in [-0.25, -0.2) is 5.01 Å². The summed E-state index contributed by atoms with van der Waals surface area (Å²) in [4.78, 5) is 0. The van der Waals surface area contributed by atoms with Gasteiger partial charge < -0.3 is 10.3 Å². The molecule has 25 heavy (non-hydrogen) atoms. The molecule has 2 aromatic carbocycles. The van der Waals surface area contributed by atoms with E-state index in [1.54, 1.807) is 11.2 Å². The van der Waals surface area contributed by atoms with E-state index >= 15 is 0 Å². The van der Waals surface area contributed by atoms with Gasteiger partial charge in [-0.15, -0.1) is 0 Å². The molecule has 0 aliphatic heterocycles. The molecule has 0 amide bonds. The van der Waals surface area contributed by atoms with Gasteiger partial charge in [0.2, 0.25) is 0 Å². The molecule has 0 spiro atoms. The van der Waals surface area contributed by atoms with Crippen molar-refractivity contribution in [2.75, 3.05) is 6.54 Å². The number of rotatable bonds is 5. The summed E-state index contributed by atoms with van der Waals surface area (Å²) in [6.07, 6.45) is 3.87. The second-order valence-electron chi connectivity index (χ2n) is 5.62. The summed E-state index contributed by atoms with van der Waals surface area (Å²) < 4.78 is 2.18. The number of halogens is 1. The Hall–Kier alpha value is -2.37. The highest BCUT2D eigenvalue weighted by Crippen LogP contribution is 2.23. The molecule has 3 rings (SSSR count). The molecule has 0 atom stereocenters. The van der Waals surface area contributed by atoms with Gasteiger partial charge in [0.1, 0.15) is 0 Å². The maximum atomic E-state index is 6.31. The van der Waals surface area contributed by atoms with Crippen LogP contribution in [0.5, 0.6) is 0 Å². The van der Waals surface area contributed by atoms with Crippen molar-refractivity contribution in [3.63, 3.8) is 0 Å².